The summed E-state index contributed by atoms with van der Waals surface area (Å²) in [6.07, 6.45) is 1.37. The molecular formula is C15H18ClN3O2S. The van der Waals surface area contributed by atoms with Crippen molar-refractivity contribution in [2.75, 3.05) is 13.7 Å². The number of benzene rings is 1. The van der Waals surface area contributed by atoms with Crippen LogP contribution in [0.4, 0.5) is 0 Å². The van der Waals surface area contributed by atoms with Crippen LogP contribution in [0.3, 0.4) is 0 Å². The quantitative estimate of drug-likeness (QED) is 0.841. The van der Waals surface area contributed by atoms with Crippen molar-refractivity contribution in [2.45, 2.75) is 25.9 Å². The summed E-state index contributed by atoms with van der Waals surface area (Å²) >= 11 is 7.28. The van der Waals surface area contributed by atoms with Crippen molar-refractivity contribution >= 4 is 29.0 Å². The largest absolute Gasteiger partial charge is 0.375 e. The minimum atomic E-state index is -0.298. The van der Waals surface area contributed by atoms with Crippen LogP contribution >= 0.6 is 23.1 Å². The molecule has 5 nitrogen and oxygen atoms in total. The highest BCUT2D eigenvalue weighted by molar-refractivity contribution is 7.08. The van der Waals surface area contributed by atoms with Gasteiger partial charge in [-0.25, -0.2) is 0 Å². The van der Waals surface area contributed by atoms with Gasteiger partial charge < -0.3 is 10.1 Å². The lowest BCUT2D eigenvalue weighted by Crippen LogP contribution is -2.29. The number of carbonyl (C=O) groups is 1. The maximum absolute atomic E-state index is 12.3. The topological polar surface area (TPSA) is 64.1 Å². The zero-order valence-electron chi connectivity index (χ0n) is 12.5. The number of nitrogens with one attached hydrogen (secondary N) is 1. The molecule has 0 aliphatic heterocycles. The molecule has 1 aromatic heterocycles. The summed E-state index contributed by atoms with van der Waals surface area (Å²) in [5.41, 5.74) is 1.60. The van der Waals surface area contributed by atoms with Crippen molar-refractivity contribution in [3.63, 3.8) is 0 Å². The summed E-state index contributed by atoms with van der Waals surface area (Å²) in [5.74, 6) is -0.174. The Labute approximate surface area is 138 Å². The van der Waals surface area contributed by atoms with Crippen molar-refractivity contribution in [2.24, 2.45) is 0 Å². The summed E-state index contributed by atoms with van der Waals surface area (Å²) < 4.78 is 9.30. The van der Waals surface area contributed by atoms with Gasteiger partial charge in [0, 0.05) is 24.2 Å². The zero-order valence-corrected chi connectivity index (χ0v) is 14.1. The fourth-order valence-corrected chi connectivity index (χ4v) is 2.99. The smallest absolute Gasteiger partial charge is 0.265 e. The van der Waals surface area contributed by atoms with E-state index in [-0.39, 0.29) is 12.0 Å². The molecule has 0 bridgehead atoms. The Bertz CT molecular complexity index is 633. The molecular weight excluding hydrogens is 322 g/mol. The molecule has 0 saturated heterocycles. The van der Waals surface area contributed by atoms with E-state index in [1.54, 1.807) is 13.2 Å². The second-order valence-electron chi connectivity index (χ2n) is 4.75. The monoisotopic (exact) mass is 339 g/mol. The highest BCUT2D eigenvalue weighted by Gasteiger charge is 2.19. The number of hydrogen-bond acceptors (Lipinski definition) is 5. The van der Waals surface area contributed by atoms with Crippen molar-refractivity contribution in [1.82, 2.24) is 14.9 Å². The number of ether oxygens (including phenoxy) is 1. The van der Waals surface area contributed by atoms with Crippen LogP contribution in [0.25, 0.3) is 0 Å². The van der Waals surface area contributed by atoms with Gasteiger partial charge in [-0.1, -0.05) is 47.6 Å². The second kappa shape index (κ2) is 8.22. The summed E-state index contributed by atoms with van der Waals surface area (Å²) in [6, 6.07) is 7.44. The van der Waals surface area contributed by atoms with Gasteiger partial charge in [0.05, 0.1) is 5.69 Å². The molecule has 1 aromatic carbocycles. The molecule has 2 rings (SSSR count). The van der Waals surface area contributed by atoms with E-state index in [0.717, 1.165) is 35.6 Å². The van der Waals surface area contributed by atoms with E-state index >= 15 is 0 Å². The van der Waals surface area contributed by atoms with Crippen LogP contribution in [0.1, 0.15) is 40.4 Å². The van der Waals surface area contributed by atoms with Crippen LogP contribution in [0.5, 0.6) is 0 Å². The Morgan fingerprint density at radius 1 is 1.45 bits per heavy atom. The lowest BCUT2D eigenvalue weighted by molar-refractivity contribution is 0.0830. The van der Waals surface area contributed by atoms with Gasteiger partial charge in [0.1, 0.15) is 11.0 Å². The van der Waals surface area contributed by atoms with Crippen LogP contribution in [-0.4, -0.2) is 29.1 Å². The van der Waals surface area contributed by atoms with Crippen LogP contribution in [0.15, 0.2) is 24.3 Å². The summed E-state index contributed by atoms with van der Waals surface area (Å²) in [7, 11) is 1.59. The number of rotatable bonds is 7. The zero-order chi connectivity index (χ0) is 15.9. The minimum Gasteiger partial charge on any atom is -0.375 e. The Balaban J connectivity index is 2.03. The number of nitrogens with zero attached hydrogens (tertiary/aromatic N) is 2. The summed E-state index contributed by atoms with van der Waals surface area (Å²) in [6.45, 7) is 2.38. The van der Waals surface area contributed by atoms with E-state index in [2.05, 4.69) is 14.9 Å². The molecule has 22 heavy (non-hydrogen) atoms. The van der Waals surface area contributed by atoms with Crippen molar-refractivity contribution < 1.29 is 9.53 Å². The molecule has 1 heterocycles. The van der Waals surface area contributed by atoms with E-state index in [9.17, 15) is 4.79 Å². The number of aryl methyl sites for hydroxylation is 1. The molecule has 0 fully saturated rings. The van der Waals surface area contributed by atoms with Gasteiger partial charge >= 0.3 is 0 Å². The molecule has 118 valence electrons. The van der Waals surface area contributed by atoms with Crippen LogP contribution in [0.2, 0.25) is 5.02 Å². The van der Waals surface area contributed by atoms with Crippen LogP contribution in [0, 0.1) is 0 Å². The van der Waals surface area contributed by atoms with Crippen LogP contribution in [-0.2, 0) is 11.2 Å². The molecule has 0 aliphatic rings. The molecule has 0 saturated carbocycles. The van der Waals surface area contributed by atoms with Crippen LogP contribution < -0.4 is 5.32 Å². The van der Waals surface area contributed by atoms with Gasteiger partial charge in [-0.3, -0.25) is 4.79 Å². The summed E-state index contributed by atoms with van der Waals surface area (Å²) in [4.78, 5) is 12.8. The summed E-state index contributed by atoms with van der Waals surface area (Å²) in [5, 5.41) is 7.49. The Morgan fingerprint density at radius 2 is 2.23 bits per heavy atom. The second-order valence-corrected chi connectivity index (χ2v) is 5.92. The van der Waals surface area contributed by atoms with E-state index < -0.39 is 0 Å². The van der Waals surface area contributed by atoms with Gasteiger partial charge in [-0.15, -0.1) is 5.10 Å². The highest BCUT2D eigenvalue weighted by Crippen LogP contribution is 2.24. The van der Waals surface area contributed by atoms with E-state index in [1.807, 2.05) is 25.1 Å². The lowest BCUT2D eigenvalue weighted by atomic mass is 10.1. The Morgan fingerprint density at radius 3 is 2.91 bits per heavy atom. The first-order valence-corrected chi connectivity index (χ1v) is 8.19. The van der Waals surface area contributed by atoms with Crippen molar-refractivity contribution in [3.05, 3.63) is 45.4 Å². The fraction of sp³-hybridized carbons (Fsp3) is 0.400. The molecule has 7 heteroatoms. The average Bonchev–Trinajstić information content (AvgIpc) is 2.98. The normalized spacial score (nSPS) is 12.1. The third kappa shape index (κ3) is 4.03. The van der Waals surface area contributed by atoms with Gasteiger partial charge in [0.25, 0.3) is 5.91 Å². The maximum atomic E-state index is 12.3. The molecule has 1 amide bonds. The number of hydrogen-bond donors (Lipinski definition) is 1. The number of amides is 1. The number of aromatic nitrogens is 2. The molecule has 1 atom stereocenters. The number of carbonyl (C=O) groups excluding carboxylic acids is 1. The molecule has 2 aromatic rings. The first kappa shape index (κ1) is 16.9. The van der Waals surface area contributed by atoms with Gasteiger partial charge in [-0.2, -0.15) is 0 Å². The van der Waals surface area contributed by atoms with Gasteiger partial charge in [-0.05, 0) is 24.0 Å². The number of halogens is 1. The number of methoxy groups -OCH3 is 1. The van der Waals surface area contributed by atoms with Gasteiger partial charge in [0.15, 0.2) is 0 Å². The van der Waals surface area contributed by atoms with E-state index in [1.165, 1.54) is 0 Å². The highest BCUT2D eigenvalue weighted by atomic mass is 35.5. The third-order valence-electron chi connectivity index (χ3n) is 3.23. The van der Waals surface area contributed by atoms with Crippen molar-refractivity contribution in [3.8, 4) is 0 Å². The maximum Gasteiger partial charge on any atom is 0.265 e. The fourth-order valence-electron chi connectivity index (χ4n) is 2.10. The Hall–Kier alpha value is -1.50. The first-order chi connectivity index (χ1) is 10.7. The molecule has 0 spiro atoms. The molecule has 0 aliphatic carbocycles. The third-order valence-corrected chi connectivity index (χ3v) is 4.34. The lowest BCUT2D eigenvalue weighted by Gasteiger charge is -2.17. The molecule has 1 N–H and O–H groups in total. The minimum absolute atomic E-state index is 0.174. The molecule has 0 unspecified atom stereocenters. The standard InChI is InChI=1S/C15H18ClN3O2S/c1-3-6-12-14(22-19-18-12)15(20)17-9-13(21-2)10-7-4-5-8-11(10)16/h4-5,7-8,13H,3,6,9H2,1-2H3,(H,17,20)/t13-/m0/s1. The average molecular weight is 340 g/mol. The predicted octanol–water partition coefficient (Wildman–Crippen LogP) is 3.26. The first-order valence-electron chi connectivity index (χ1n) is 7.04. The van der Waals surface area contributed by atoms with Crippen molar-refractivity contribution in [1.29, 1.82) is 0 Å². The van der Waals surface area contributed by atoms with E-state index in [0.29, 0.717) is 16.4 Å². The predicted molar refractivity (Wildman–Crippen MR) is 87.4 cm³/mol. The van der Waals surface area contributed by atoms with E-state index in [4.69, 9.17) is 16.3 Å². The Kier molecular flexibility index (Phi) is 6.30. The van der Waals surface area contributed by atoms with Gasteiger partial charge in [0.2, 0.25) is 0 Å². The molecule has 0 radical (unpaired) electrons. The SMILES string of the molecule is CCCc1nnsc1C(=O)NC[C@H](OC)c1ccccc1Cl.